The Bertz CT molecular complexity index is 1490. The maximum atomic E-state index is 14.6. The van der Waals surface area contributed by atoms with E-state index in [1.807, 2.05) is 0 Å². The molecule has 4 atom stereocenters. The van der Waals surface area contributed by atoms with Crippen LogP contribution in [-0.4, -0.2) is 45.5 Å². The summed E-state index contributed by atoms with van der Waals surface area (Å²) in [5.41, 5.74) is 0.144. The Morgan fingerprint density at radius 3 is 2.50 bits per heavy atom. The molecule has 1 aromatic carbocycles. The fourth-order valence-electron chi connectivity index (χ4n) is 4.26. The van der Waals surface area contributed by atoms with Gasteiger partial charge in [0.1, 0.15) is 34.7 Å². The van der Waals surface area contributed by atoms with Gasteiger partial charge in [0, 0.05) is 25.8 Å². The van der Waals surface area contributed by atoms with Crippen molar-refractivity contribution in [3.8, 4) is 0 Å². The minimum absolute atomic E-state index is 0.0355. The van der Waals surface area contributed by atoms with Crippen molar-refractivity contribution in [2.45, 2.75) is 56.6 Å². The highest BCUT2D eigenvalue weighted by Gasteiger charge is 2.65. The summed E-state index contributed by atoms with van der Waals surface area (Å²) in [6.45, 7) is 3.65. The highest BCUT2D eigenvalue weighted by molar-refractivity contribution is 8.45. The predicted molar refractivity (Wildman–Crippen MR) is 133 cm³/mol. The topological polar surface area (TPSA) is 105 Å². The molecule has 0 spiro atoms. The molecule has 0 saturated carbocycles. The monoisotopic (exact) mass is 616 g/mol. The summed E-state index contributed by atoms with van der Waals surface area (Å²) in [6.07, 6.45) is -0.888. The standard InChI is InChI=1S/C23H23ClF6N4O5S/c1-11(15-5-4-14(6-17(15)25)40(26,27,28,29)30)32-18-7-21(24)33-23-16(18)9-31-34(23)22-8-19(38-13(3)36)20(39-22)10-37-12(2)35/h4-7,9,11,19-20,22H,8,10H2,1-3H3,(H,32,33)/t11-,19-,20+,22+/m0/s1. The summed E-state index contributed by atoms with van der Waals surface area (Å²) in [6, 6.07) is 0.907. The molecule has 0 unspecified atom stereocenters. The van der Waals surface area contributed by atoms with Crippen LogP contribution in [-0.2, 0) is 23.8 Å². The molecule has 1 N–H and O–H groups in total. The van der Waals surface area contributed by atoms with Crippen LogP contribution in [0.5, 0.6) is 0 Å². The number of hydrogen-bond donors (Lipinski definition) is 1. The fourth-order valence-corrected chi connectivity index (χ4v) is 5.10. The third-order valence-electron chi connectivity index (χ3n) is 6.01. The molecule has 1 aliphatic rings. The first-order chi connectivity index (χ1) is 18.3. The van der Waals surface area contributed by atoms with Gasteiger partial charge in [0.25, 0.3) is 0 Å². The van der Waals surface area contributed by atoms with Crippen LogP contribution in [0.15, 0.2) is 35.4 Å². The lowest BCUT2D eigenvalue weighted by atomic mass is 10.1. The van der Waals surface area contributed by atoms with Crippen molar-refractivity contribution < 1.29 is 47.6 Å². The van der Waals surface area contributed by atoms with Crippen LogP contribution in [0.25, 0.3) is 11.0 Å². The molecular formula is C23H23ClF6N4O5S. The van der Waals surface area contributed by atoms with Crippen molar-refractivity contribution in [2.75, 3.05) is 11.9 Å². The number of anilines is 1. The number of nitrogens with zero attached hydrogens (tertiary/aromatic N) is 3. The van der Waals surface area contributed by atoms with Crippen LogP contribution in [0, 0.1) is 5.82 Å². The highest BCUT2D eigenvalue weighted by Crippen LogP contribution is 3.02. The minimum Gasteiger partial charge on any atom is -0.463 e. The second kappa shape index (κ2) is 9.69. The lowest BCUT2D eigenvalue weighted by Crippen LogP contribution is -2.31. The Morgan fingerprint density at radius 2 is 1.90 bits per heavy atom. The summed E-state index contributed by atoms with van der Waals surface area (Å²) < 4.78 is 97.5. The number of benzene rings is 1. The number of carbonyl (C=O) groups excluding carboxylic acids is 2. The number of hydrogen-bond acceptors (Lipinski definition) is 8. The van der Waals surface area contributed by atoms with Crippen molar-refractivity contribution >= 4 is 50.5 Å². The highest BCUT2D eigenvalue weighted by atomic mass is 35.5. The molecule has 220 valence electrons. The molecule has 3 heterocycles. The van der Waals surface area contributed by atoms with Gasteiger partial charge >= 0.3 is 22.2 Å². The number of fused-ring (bicyclic) bond motifs is 1. The van der Waals surface area contributed by atoms with E-state index in [-0.39, 0.29) is 47.2 Å². The number of rotatable bonds is 8. The largest absolute Gasteiger partial charge is 0.463 e. The number of pyridine rings is 1. The first kappa shape index (κ1) is 29.7. The Kier molecular flexibility index (Phi) is 7.21. The zero-order chi connectivity index (χ0) is 29.7. The quantitative estimate of drug-likeness (QED) is 0.167. The number of nitrogens with one attached hydrogen (secondary N) is 1. The van der Waals surface area contributed by atoms with Crippen LogP contribution < -0.4 is 5.32 Å². The number of carbonyl (C=O) groups is 2. The summed E-state index contributed by atoms with van der Waals surface area (Å²) >= 11 is 6.19. The molecule has 1 aliphatic heterocycles. The van der Waals surface area contributed by atoms with Gasteiger partial charge in [-0.3, -0.25) is 9.59 Å². The maximum absolute atomic E-state index is 14.6. The smallest absolute Gasteiger partial charge is 0.310 e. The molecule has 9 nitrogen and oxygen atoms in total. The third kappa shape index (κ3) is 6.55. The van der Waals surface area contributed by atoms with Gasteiger partial charge in [-0.15, -0.1) is 0 Å². The molecule has 17 heteroatoms. The molecule has 4 rings (SSSR count). The van der Waals surface area contributed by atoms with Gasteiger partial charge in [0.15, 0.2) is 11.9 Å². The molecule has 0 aliphatic carbocycles. The van der Waals surface area contributed by atoms with E-state index in [1.54, 1.807) is 0 Å². The molecule has 40 heavy (non-hydrogen) atoms. The molecule has 1 saturated heterocycles. The van der Waals surface area contributed by atoms with Crippen LogP contribution in [0.3, 0.4) is 0 Å². The van der Waals surface area contributed by atoms with E-state index >= 15 is 0 Å². The van der Waals surface area contributed by atoms with Gasteiger partial charge in [-0.25, -0.2) is 14.1 Å². The fraction of sp³-hybridized carbons (Fsp3) is 0.391. The van der Waals surface area contributed by atoms with Crippen LogP contribution in [0.2, 0.25) is 5.15 Å². The maximum Gasteiger partial charge on any atom is 0.310 e. The van der Waals surface area contributed by atoms with Crippen molar-refractivity contribution in [1.29, 1.82) is 0 Å². The van der Waals surface area contributed by atoms with E-state index in [2.05, 4.69) is 15.4 Å². The van der Waals surface area contributed by atoms with E-state index in [9.17, 15) is 33.4 Å². The number of esters is 2. The van der Waals surface area contributed by atoms with Gasteiger partial charge < -0.3 is 19.5 Å². The molecule has 0 radical (unpaired) electrons. The lowest BCUT2D eigenvalue weighted by Gasteiger charge is -2.40. The van der Waals surface area contributed by atoms with Crippen molar-refractivity contribution in [2.24, 2.45) is 0 Å². The minimum atomic E-state index is -10.1. The van der Waals surface area contributed by atoms with E-state index in [4.69, 9.17) is 25.8 Å². The second-order valence-corrected chi connectivity index (χ2v) is 11.9. The Labute approximate surface area is 228 Å². The third-order valence-corrected chi connectivity index (χ3v) is 7.35. The first-order valence-electron chi connectivity index (χ1n) is 11.6. The molecule has 0 amide bonds. The Morgan fingerprint density at radius 1 is 1.20 bits per heavy atom. The van der Waals surface area contributed by atoms with Crippen molar-refractivity contribution in [3.05, 3.63) is 47.0 Å². The Hall–Kier alpha value is -3.24. The molecule has 0 bridgehead atoms. The summed E-state index contributed by atoms with van der Waals surface area (Å²) in [5.74, 6) is -2.61. The Balaban J connectivity index is 1.62. The van der Waals surface area contributed by atoms with Crippen LogP contribution >= 0.6 is 21.8 Å². The van der Waals surface area contributed by atoms with Crippen LogP contribution in [0.4, 0.5) is 29.5 Å². The van der Waals surface area contributed by atoms with Gasteiger partial charge in [-0.2, -0.15) is 5.10 Å². The first-order valence-corrected chi connectivity index (χ1v) is 13.9. The molecule has 3 aromatic rings. The predicted octanol–water partition coefficient (Wildman–Crippen LogP) is 6.84. The summed E-state index contributed by atoms with van der Waals surface area (Å²) in [5, 5.41) is 7.50. The van der Waals surface area contributed by atoms with Gasteiger partial charge in [0.05, 0.1) is 23.3 Å². The molecule has 2 aromatic heterocycles. The number of ether oxygens (including phenoxy) is 3. The van der Waals surface area contributed by atoms with Crippen molar-refractivity contribution in [1.82, 2.24) is 14.8 Å². The van der Waals surface area contributed by atoms with Gasteiger partial charge in [-0.1, -0.05) is 37.1 Å². The normalized spacial score (nSPS) is 21.9. The zero-order valence-electron chi connectivity index (χ0n) is 21.0. The number of aromatic nitrogens is 3. The van der Waals surface area contributed by atoms with Gasteiger partial charge in [-0.05, 0) is 25.1 Å². The average Bonchev–Trinajstić information content (AvgIpc) is 3.39. The summed E-state index contributed by atoms with van der Waals surface area (Å²) in [7, 11) is -10.1. The molecular weight excluding hydrogens is 594 g/mol. The zero-order valence-corrected chi connectivity index (χ0v) is 22.6. The lowest BCUT2D eigenvalue weighted by molar-refractivity contribution is -0.155. The summed E-state index contributed by atoms with van der Waals surface area (Å²) in [4.78, 5) is 24.7. The van der Waals surface area contributed by atoms with E-state index < -0.39 is 57.4 Å². The number of halogens is 7. The average molecular weight is 617 g/mol. The van der Waals surface area contributed by atoms with E-state index in [1.165, 1.54) is 37.7 Å². The van der Waals surface area contributed by atoms with Gasteiger partial charge in [0.2, 0.25) is 0 Å². The van der Waals surface area contributed by atoms with E-state index in [0.717, 1.165) is 0 Å². The SMILES string of the molecule is CC(=O)OC[C@H]1O[C@@H](n2ncc3c(N[C@@H](C)c4ccc(S(F)(F)(F)(F)F)cc4F)cc(Cl)nc32)C[C@@H]1OC(C)=O. The second-order valence-electron chi connectivity index (χ2n) is 9.15. The van der Waals surface area contributed by atoms with Crippen molar-refractivity contribution in [3.63, 3.8) is 0 Å². The van der Waals surface area contributed by atoms with E-state index in [0.29, 0.717) is 11.5 Å². The molecule has 1 fully saturated rings. The van der Waals surface area contributed by atoms with Crippen LogP contribution in [0.1, 0.15) is 45.0 Å².